The Morgan fingerprint density at radius 3 is 2.42 bits per heavy atom. The van der Waals surface area contributed by atoms with Gasteiger partial charge < -0.3 is 9.47 Å². The molecule has 0 saturated carbocycles. The van der Waals surface area contributed by atoms with Crippen LogP contribution in [0.25, 0.3) is 16.8 Å². The number of cyclic esters (lactones) is 1. The summed E-state index contributed by atoms with van der Waals surface area (Å²) >= 11 is 0. The van der Waals surface area contributed by atoms with E-state index in [1.54, 1.807) is 13.0 Å². The summed E-state index contributed by atoms with van der Waals surface area (Å²) in [7, 11) is 0. The van der Waals surface area contributed by atoms with Crippen LogP contribution in [0.15, 0.2) is 102 Å². The molecule has 1 amide bonds. The van der Waals surface area contributed by atoms with Crippen molar-refractivity contribution >= 4 is 11.8 Å². The second kappa shape index (κ2) is 15.4. The molecule has 0 bridgehead atoms. The number of allylic oxidation sites excluding steroid dienone is 3. The molecule has 48 heavy (non-hydrogen) atoms. The smallest absolute Gasteiger partial charge is 0.415 e. The van der Waals surface area contributed by atoms with E-state index >= 15 is 0 Å². The van der Waals surface area contributed by atoms with Crippen molar-refractivity contribution in [1.29, 1.82) is 0 Å². The van der Waals surface area contributed by atoms with E-state index in [2.05, 4.69) is 65.7 Å². The van der Waals surface area contributed by atoms with Crippen LogP contribution in [0.5, 0.6) is 0 Å². The van der Waals surface area contributed by atoms with Crippen molar-refractivity contribution in [2.45, 2.75) is 65.6 Å². The average Bonchev–Trinajstić information content (AvgIpc) is 3.27. The van der Waals surface area contributed by atoms with Gasteiger partial charge in [0, 0.05) is 37.2 Å². The number of carbonyl (C=O) groups excluding carboxylic acids is 1. The number of hydrogen-bond donors (Lipinski definition) is 1. The largest absolute Gasteiger partial charge is 0.416 e. The number of morpholine rings is 1. The van der Waals surface area contributed by atoms with Crippen LogP contribution in [-0.2, 0) is 35.4 Å². The van der Waals surface area contributed by atoms with Gasteiger partial charge >= 0.3 is 6.09 Å². The Balaban J connectivity index is 1.24. The predicted octanol–water partition coefficient (Wildman–Crippen LogP) is 7.04. The van der Waals surface area contributed by atoms with E-state index in [9.17, 15) is 9.59 Å². The zero-order chi connectivity index (χ0) is 33.5. The second-order valence-corrected chi connectivity index (χ2v) is 12.6. The van der Waals surface area contributed by atoms with Gasteiger partial charge in [0.05, 0.1) is 30.6 Å². The third kappa shape index (κ3) is 8.01. The van der Waals surface area contributed by atoms with Crippen molar-refractivity contribution in [1.82, 2.24) is 19.8 Å². The van der Waals surface area contributed by atoms with E-state index in [4.69, 9.17) is 14.5 Å². The van der Waals surface area contributed by atoms with Gasteiger partial charge in [0.2, 0.25) is 0 Å². The van der Waals surface area contributed by atoms with Gasteiger partial charge in [-0.1, -0.05) is 92.2 Å². The molecule has 0 aliphatic carbocycles. The number of unbranched alkanes of at least 4 members (excludes halogenated alkanes) is 1. The topological polar surface area (TPSA) is 85.7 Å². The van der Waals surface area contributed by atoms with E-state index in [0.717, 1.165) is 78.2 Å². The normalized spacial score (nSPS) is 16.8. The van der Waals surface area contributed by atoms with Gasteiger partial charge in [-0.3, -0.25) is 19.6 Å². The van der Waals surface area contributed by atoms with E-state index in [0.29, 0.717) is 31.0 Å². The van der Waals surface area contributed by atoms with Crippen molar-refractivity contribution in [2.75, 3.05) is 19.7 Å². The van der Waals surface area contributed by atoms with Crippen molar-refractivity contribution in [3.8, 4) is 11.1 Å². The number of benzene rings is 3. The number of aryl methyl sites for hydroxylation is 2. The number of amides is 1. The Hall–Kier alpha value is -4.79. The van der Waals surface area contributed by atoms with Crippen LogP contribution in [0.2, 0.25) is 0 Å². The van der Waals surface area contributed by atoms with Gasteiger partial charge in [0.1, 0.15) is 11.6 Å². The molecule has 8 heteroatoms. The van der Waals surface area contributed by atoms with Crippen LogP contribution in [-0.4, -0.2) is 46.3 Å². The maximum absolute atomic E-state index is 14.2. The minimum atomic E-state index is -0.506. The molecule has 3 heterocycles. The Labute approximate surface area is 282 Å². The maximum Gasteiger partial charge on any atom is 0.416 e. The van der Waals surface area contributed by atoms with Crippen LogP contribution >= 0.6 is 0 Å². The zero-order valence-corrected chi connectivity index (χ0v) is 28.1. The minimum absolute atomic E-state index is 0.0217. The summed E-state index contributed by atoms with van der Waals surface area (Å²) in [5.74, 6) is 1.27. The molecular weight excluding hydrogens is 600 g/mol. The fraction of sp³-hybridized carbons (Fsp3) is 0.325. The Bertz CT molecular complexity index is 1860. The molecule has 0 radical (unpaired) electrons. The van der Waals surface area contributed by atoms with Gasteiger partial charge in [0.15, 0.2) is 0 Å². The number of hydrogen-bond acceptors (Lipinski definition) is 6. The lowest BCUT2D eigenvalue weighted by atomic mass is 9.95. The third-order valence-electron chi connectivity index (χ3n) is 9.00. The molecule has 1 atom stereocenters. The summed E-state index contributed by atoms with van der Waals surface area (Å²) in [6.45, 7) is 9.47. The highest BCUT2D eigenvalue weighted by Gasteiger charge is 2.24. The fourth-order valence-electron chi connectivity index (χ4n) is 6.47. The first-order valence-electron chi connectivity index (χ1n) is 16.9. The SMILES string of the molecule is CCCCc1nc(C)n(CC2CN(Cc3ccccc3)CCO2)c(=O)c1Cc1ccc(-c2ccccc2C2=CC=C(C)OC(=O)N2)cc1. The highest BCUT2D eigenvalue weighted by molar-refractivity contribution is 5.89. The van der Waals surface area contributed by atoms with Crippen LogP contribution < -0.4 is 10.9 Å². The molecule has 248 valence electrons. The number of carbonyl (C=O) groups is 1. The lowest BCUT2D eigenvalue weighted by Crippen LogP contribution is -2.45. The number of nitrogens with zero attached hydrogens (tertiary/aromatic N) is 3. The summed E-state index contributed by atoms with van der Waals surface area (Å²) in [5.41, 5.74) is 7.56. The lowest BCUT2D eigenvalue weighted by Gasteiger charge is -2.33. The monoisotopic (exact) mass is 644 g/mol. The number of ether oxygens (including phenoxy) is 2. The summed E-state index contributed by atoms with van der Waals surface area (Å²) in [5, 5.41) is 2.85. The quantitative estimate of drug-likeness (QED) is 0.189. The highest BCUT2D eigenvalue weighted by Crippen LogP contribution is 2.29. The zero-order valence-electron chi connectivity index (χ0n) is 28.1. The molecule has 1 fully saturated rings. The first-order valence-corrected chi connectivity index (χ1v) is 16.9. The minimum Gasteiger partial charge on any atom is -0.415 e. The summed E-state index contributed by atoms with van der Waals surface area (Å²) in [6, 6.07) is 26.8. The highest BCUT2D eigenvalue weighted by atomic mass is 16.6. The van der Waals surface area contributed by atoms with Crippen LogP contribution in [0.1, 0.15) is 60.5 Å². The van der Waals surface area contributed by atoms with Crippen LogP contribution in [0.4, 0.5) is 4.79 Å². The predicted molar refractivity (Wildman–Crippen MR) is 189 cm³/mol. The molecule has 1 unspecified atom stereocenters. The van der Waals surface area contributed by atoms with E-state index in [1.807, 2.05) is 47.9 Å². The average molecular weight is 645 g/mol. The molecular formula is C40H44N4O4. The van der Waals surface area contributed by atoms with E-state index < -0.39 is 6.09 Å². The molecule has 1 N–H and O–H groups in total. The first-order chi connectivity index (χ1) is 23.4. The number of alkyl carbamates (subject to hydrolysis) is 1. The van der Waals surface area contributed by atoms with Gasteiger partial charge in [-0.2, -0.15) is 0 Å². The molecule has 8 nitrogen and oxygen atoms in total. The van der Waals surface area contributed by atoms with Gasteiger partial charge in [0.25, 0.3) is 5.56 Å². The van der Waals surface area contributed by atoms with Crippen molar-refractivity contribution in [3.63, 3.8) is 0 Å². The number of aromatic nitrogens is 2. The molecule has 3 aromatic carbocycles. The Morgan fingerprint density at radius 2 is 1.65 bits per heavy atom. The van der Waals surface area contributed by atoms with Gasteiger partial charge in [-0.25, -0.2) is 9.78 Å². The van der Waals surface area contributed by atoms with Crippen molar-refractivity contribution < 1.29 is 14.3 Å². The molecule has 1 saturated heterocycles. The number of nitrogens with one attached hydrogen (secondary N) is 1. The Kier molecular flexibility index (Phi) is 10.6. The van der Waals surface area contributed by atoms with Crippen LogP contribution in [0.3, 0.4) is 0 Å². The van der Waals surface area contributed by atoms with Crippen molar-refractivity contribution in [2.24, 2.45) is 0 Å². The maximum atomic E-state index is 14.2. The molecule has 2 aliphatic rings. The number of rotatable bonds is 11. The molecule has 2 aliphatic heterocycles. The van der Waals surface area contributed by atoms with Crippen molar-refractivity contribution in [3.05, 3.63) is 141 Å². The molecule has 4 aromatic rings. The van der Waals surface area contributed by atoms with Crippen LogP contribution in [0, 0.1) is 6.92 Å². The van der Waals surface area contributed by atoms with Gasteiger partial charge in [-0.05, 0) is 61.1 Å². The summed E-state index contributed by atoms with van der Waals surface area (Å²) in [6.07, 6.45) is 6.33. The lowest BCUT2D eigenvalue weighted by molar-refractivity contribution is -0.0396. The summed E-state index contributed by atoms with van der Waals surface area (Å²) in [4.78, 5) is 33.9. The van der Waals surface area contributed by atoms with E-state index in [-0.39, 0.29) is 11.7 Å². The standard InChI is InChI=1S/C40H44N4O4/c1-4-5-15-37-36(39(45)44(29(3)41-37)27-33-26-43(22-23-47-33)25-31-11-7-6-8-12-31)24-30-17-19-32(20-18-30)34-13-9-10-14-35(34)38-21-16-28(2)48-40(46)42-38/h6-14,16-21,33H,4-5,15,22-27H2,1-3H3,(H,42,46). The van der Waals surface area contributed by atoms with E-state index in [1.165, 1.54) is 5.56 Å². The Morgan fingerprint density at radius 1 is 0.896 bits per heavy atom. The van der Waals surface area contributed by atoms with Gasteiger partial charge in [-0.15, -0.1) is 0 Å². The molecule has 6 rings (SSSR count). The molecule has 0 spiro atoms. The third-order valence-corrected chi connectivity index (χ3v) is 9.00. The first kappa shape index (κ1) is 33.1. The summed E-state index contributed by atoms with van der Waals surface area (Å²) < 4.78 is 13.2. The second-order valence-electron chi connectivity index (χ2n) is 12.6. The molecule has 1 aromatic heterocycles. The fourth-order valence-corrected chi connectivity index (χ4v) is 6.47.